The molecule has 0 aromatic heterocycles. The van der Waals surface area contributed by atoms with Gasteiger partial charge in [0.25, 0.3) is 0 Å². The molecule has 72 heavy (non-hydrogen) atoms. The third-order valence-electron chi connectivity index (χ3n) is 13.2. The highest BCUT2D eigenvalue weighted by atomic mass is 16.6. The number of hydrogen-bond acceptors (Lipinski definition) is 6. The molecule has 414 valence electrons. The van der Waals surface area contributed by atoms with Crippen LogP contribution in [0.25, 0.3) is 0 Å². The Hall–Kier alpha value is -3.41. The fourth-order valence-corrected chi connectivity index (χ4v) is 8.60. The number of hydrogen-bond donors (Lipinski definition) is 0. The van der Waals surface area contributed by atoms with Crippen LogP contribution in [0.1, 0.15) is 297 Å². The van der Waals surface area contributed by atoms with E-state index in [1.165, 1.54) is 128 Å². The quantitative estimate of drug-likeness (QED) is 0.0261. The van der Waals surface area contributed by atoms with Gasteiger partial charge < -0.3 is 14.2 Å². The highest BCUT2D eigenvalue weighted by Crippen LogP contribution is 2.17. The fraction of sp³-hybridized carbons (Fsp3) is 0.742. The summed E-state index contributed by atoms with van der Waals surface area (Å²) in [5.41, 5.74) is 0. The molecule has 1 unspecified atom stereocenters. The number of carbonyl (C=O) groups is 3. The summed E-state index contributed by atoms with van der Waals surface area (Å²) in [4.78, 5) is 37.9. The molecule has 0 aliphatic carbocycles. The van der Waals surface area contributed by atoms with Gasteiger partial charge in [-0.25, -0.2) is 0 Å². The zero-order valence-corrected chi connectivity index (χ0v) is 47.4. The van der Waals surface area contributed by atoms with Crippen molar-refractivity contribution in [3.63, 3.8) is 0 Å². The molecule has 6 nitrogen and oxygen atoms in total. The normalized spacial score (nSPS) is 12.7. The van der Waals surface area contributed by atoms with Crippen molar-refractivity contribution in [2.45, 2.75) is 303 Å². The number of esters is 3. The average Bonchev–Trinajstić information content (AvgIpc) is 3.38. The molecule has 6 heteroatoms. The minimum Gasteiger partial charge on any atom is -0.462 e. The van der Waals surface area contributed by atoms with Crippen molar-refractivity contribution in [3.8, 4) is 0 Å². The van der Waals surface area contributed by atoms with E-state index in [1.54, 1.807) is 0 Å². The van der Waals surface area contributed by atoms with Crippen LogP contribution in [-0.4, -0.2) is 37.2 Å². The molecular weight excluding hydrogens is 889 g/mol. The van der Waals surface area contributed by atoms with E-state index in [0.29, 0.717) is 19.3 Å². The molecule has 0 aliphatic heterocycles. The van der Waals surface area contributed by atoms with E-state index in [4.69, 9.17) is 14.2 Å². The lowest BCUT2D eigenvalue weighted by molar-refractivity contribution is -0.167. The molecule has 1 atom stereocenters. The van der Waals surface area contributed by atoms with Crippen molar-refractivity contribution >= 4 is 17.9 Å². The Morgan fingerprint density at radius 1 is 0.292 bits per heavy atom. The van der Waals surface area contributed by atoms with E-state index in [9.17, 15) is 14.4 Å². The molecule has 0 saturated heterocycles. The van der Waals surface area contributed by atoms with E-state index >= 15 is 0 Å². The number of allylic oxidation sites excluding steroid dienone is 14. The highest BCUT2D eigenvalue weighted by Gasteiger charge is 2.19. The maximum absolute atomic E-state index is 12.8. The lowest BCUT2D eigenvalue weighted by atomic mass is 10.0. The lowest BCUT2D eigenvalue weighted by Crippen LogP contribution is -2.30. The van der Waals surface area contributed by atoms with Crippen molar-refractivity contribution in [1.82, 2.24) is 0 Å². The second kappa shape index (κ2) is 60.1. The van der Waals surface area contributed by atoms with Crippen LogP contribution in [-0.2, 0) is 28.6 Å². The summed E-state index contributed by atoms with van der Waals surface area (Å²) < 4.78 is 16.7. The van der Waals surface area contributed by atoms with Crippen molar-refractivity contribution in [2.75, 3.05) is 13.2 Å². The van der Waals surface area contributed by atoms with Crippen LogP contribution in [0.5, 0.6) is 0 Å². The number of ether oxygens (including phenoxy) is 3. The summed E-state index contributed by atoms with van der Waals surface area (Å²) >= 11 is 0. The molecule has 0 bridgehead atoms. The Balaban J connectivity index is 4.11. The van der Waals surface area contributed by atoms with E-state index in [1.807, 2.05) is 0 Å². The Morgan fingerprint density at radius 3 is 0.847 bits per heavy atom. The lowest BCUT2D eigenvalue weighted by Gasteiger charge is -2.18. The predicted octanol–water partition coefficient (Wildman–Crippen LogP) is 20.7. The Kier molecular flexibility index (Phi) is 57.3. The average molecular weight is 1000 g/mol. The SMILES string of the molecule is CC/C=C\C/C=C\C/C=C\C/C=C\C/C=C\C/C=C\C/C=C\CCCCCCCC(=O)OCC(COC(=O)CCCCCCC)OC(=O)CCCCCCCCCCCCCCCCCCCCCCCC. The molecule has 0 heterocycles. The second-order valence-corrected chi connectivity index (χ2v) is 20.2. The summed E-state index contributed by atoms with van der Waals surface area (Å²) in [5, 5.41) is 0. The molecule has 0 spiro atoms. The molecule has 0 aromatic carbocycles. The molecule has 0 aliphatic rings. The predicted molar refractivity (Wildman–Crippen MR) is 311 cm³/mol. The summed E-state index contributed by atoms with van der Waals surface area (Å²) in [6.45, 7) is 6.45. The zero-order chi connectivity index (χ0) is 52.2. The number of unbranched alkanes of at least 4 members (excludes halogenated alkanes) is 30. The standard InChI is InChI=1S/C66H114O6/c1-4-7-10-13-15-17-19-21-23-25-27-29-31-32-33-34-35-37-38-40-42-44-46-48-50-53-56-59-65(68)71-62-63(61-70-64(67)58-55-52-12-9-6-3)72-66(69)60-57-54-51-49-47-45-43-41-39-36-30-28-26-24-22-20-18-16-14-11-8-5-2/h7,10,15,17,21,23,27,29,32-33,35,37,40,42,63H,4-6,8-9,11-14,16,18-20,22,24-26,28,30-31,34,36,38-39,41,43-62H2,1-3H3/b10-7-,17-15-,23-21-,29-27-,33-32-,37-35-,42-40-. The first-order valence-electron chi connectivity index (χ1n) is 30.6. The van der Waals surface area contributed by atoms with Gasteiger partial charge in [0.2, 0.25) is 0 Å². The van der Waals surface area contributed by atoms with Gasteiger partial charge in [0.15, 0.2) is 6.10 Å². The first kappa shape index (κ1) is 68.6. The maximum atomic E-state index is 12.8. The molecule has 0 saturated carbocycles. The van der Waals surface area contributed by atoms with Crippen LogP contribution in [0, 0.1) is 0 Å². The highest BCUT2D eigenvalue weighted by molar-refractivity contribution is 5.71. The van der Waals surface area contributed by atoms with E-state index in [2.05, 4.69) is 106 Å². The van der Waals surface area contributed by atoms with Crippen molar-refractivity contribution in [3.05, 3.63) is 85.1 Å². The van der Waals surface area contributed by atoms with E-state index in [0.717, 1.165) is 128 Å². The van der Waals surface area contributed by atoms with Gasteiger partial charge in [-0.2, -0.15) is 0 Å². The molecule has 0 aromatic rings. The topological polar surface area (TPSA) is 78.9 Å². The van der Waals surface area contributed by atoms with Crippen LogP contribution < -0.4 is 0 Å². The molecule has 0 radical (unpaired) electrons. The Morgan fingerprint density at radius 2 is 0.542 bits per heavy atom. The van der Waals surface area contributed by atoms with Gasteiger partial charge in [-0.1, -0.05) is 286 Å². The minimum absolute atomic E-state index is 0.0813. The zero-order valence-electron chi connectivity index (χ0n) is 47.4. The molecule has 0 rings (SSSR count). The van der Waals surface area contributed by atoms with Crippen LogP contribution >= 0.6 is 0 Å². The van der Waals surface area contributed by atoms with Gasteiger partial charge in [-0.05, 0) is 77.0 Å². The minimum atomic E-state index is -0.780. The van der Waals surface area contributed by atoms with E-state index in [-0.39, 0.29) is 31.1 Å². The monoisotopic (exact) mass is 1000 g/mol. The largest absolute Gasteiger partial charge is 0.462 e. The fourth-order valence-electron chi connectivity index (χ4n) is 8.60. The van der Waals surface area contributed by atoms with E-state index < -0.39 is 6.10 Å². The third kappa shape index (κ3) is 57.5. The summed E-state index contributed by atoms with van der Waals surface area (Å²) in [6.07, 6.45) is 79.2. The second-order valence-electron chi connectivity index (χ2n) is 20.2. The molecule has 0 fully saturated rings. The Labute approximate surface area is 445 Å². The van der Waals surface area contributed by atoms with Gasteiger partial charge >= 0.3 is 17.9 Å². The van der Waals surface area contributed by atoms with Crippen LogP contribution in [0.3, 0.4) is 0 Å². The first-order chi connectivity index (χ1) is 35.5. The summed E-state index contributed by atoms with van der Waals surface area (Å²) in [5.74, 6) is -0.905. The van der Waals surface area contributed by atoms with Gasteiger partial charge in [-0.15, -0.1) is 0 Å². The van der Waals surface area contributed by atoms with Crippen molar-refractivity contribution in [1.29, 1.82) is 0 Å². The van der Waals surface area contributed by atoms with Crippen molar-refractivity contribution in [2.24, 2.45) is 0 Å². The Bertz CT molecular complexity index is 1380. The molecule has 0 amide bonds. The van der Waals surface area contributed by atoms with Crippen molar-refractivity contribution < 1.29 is 28.6 Å². The summed E-state index contributed by atoms with van der Waals surface area (Å²) in [7, 11) is 0. The van der Waals surface area contributed by atoms with Crippen LogP contribution in [0.2, 0.25) is 0 Å². The van der Waals surface area contributed by atoms with Crippen LogP contribution in [0.4, 0.5) is 0 Å². The smallest absolute Gasteiger partial charge is 0.306 e. The van der Waals surface area contributed by atoms with Gasteiger partial charge in [0.05, 0.1) is 0 Å². The number of carbonyl (C=O) groups excluding carboxylic acids is 3. The first-order valence-corrected chi connectivity index (χ1v) is 30.6. The van der Waals surface area contributed by atoms with Gasteiger partial charge in [0, 0.05) is 19.3 Å². The molecular formula is C66H114O6. The number of rotatable bonds is 55. The third-order valence-corrected chi connectivity index (χ3v) is 13.2. The maximum Gasteiger partial charge on any atom is 0.306 e. The van der Waals surface area contributed by atoms with Gasteiger partial charge in [-0.3, -0.25) is 14.4 Å². The van der Waals surface area contributed by atoms with Gasteiger partial charge in [0.1, 0.15) is 13.2 Å². The van der Waals surface area contributed by atoms with Crippen LogP contribution in [0.15, 0.2) is 85.1 Å². The summed E-state index contributed by atoms with van der Waals surface area (Å²) in [6, 6.07) is 0. The molecule has 0 N–H and O–H groups in total.